The molecule has 1 aromatic rings. The van der Waals surface area contributed by atoms with Gasteiger partial charge in [0.15, 0.2) is 0 Å². The topological polar surface area (TPSA) is 50.2 Å². The molecule has 5 heteroatoms. The molecule has 2 fully saturated rings. The Bertz CT molecular complexity index is 478. The highest BCUT2D eigenvalue weighted by Gasteiger charge is 2.31. The van der Waals surface area contributed by atoms with Crippen LogP contribution in [-0.4, -0.2) is 46.8 Å². The molecular formula is C14H22N4O. The molecule has 0 spiro atoms. The molecule has 0 bridgehead atoms. The monoisotopic (exact) mass is 262 g/mol. The number of carbonyl (C=O) groups excluding carboxylic acids is 1. The Kier molecular flexibility index (Phi) is 3.31. The first-order valence-electron chi connectivity index (χ1n) is 7.27. The van der Waals surface area contributed by atoms with Crippen molar-refractivity contribution in [2.24, 2.45) is 0 Å². The fourth-order valence-corrected chi connectivity index (χ4v) is 2.77. The lowest BCUT2D eigenvalue weighted by Crippen LogP contribution is -2.34. The van der Waals surface area contributed by atoms with E-state index in [0.717, 1.165) is 37.4 Å². The highest BCUT2D eigenvalue weighted by molar-refractivity contribution is 5.93. The first-order chi connectivity index (χ1) is 9.22. The molecule has 19 heavy (non-hydrogen) atoms. The summed E-state index contributed by atoms with van der Waals surface area (Å²) in [5.41, 5.74) is 1.87. The number of rotatable bonds is 4. The molecule has 3 rings (SSSR count). The zero-order chi connectivity index (χ0) is 13.4. The van der Waals surface area contributed by atoms with E-state index < -0.39 is 0 Å². The van der Waals surface area contributed by atoms with Crippen molar-refractivity contribution in [2.75, 3.05) is 20.1 Å². The third-order valence-electron chi connectivity index (χ3n) is 4.20. The lowest BCUT2D eigenvalue weighted by Gasteiger charge is -2.16. The van der Waals surface area contributed by atoms with E-state index in [0.29, 0.717) is 12.0 Å². The molecule has 1 saturated carbocycles. The fraction of sp³-hybridized carbons (Fsp3) is 0.714. The normalized spacial score (nSPS) is 23.1. The Morgan fingerprint density at radius 2 is 2.26 bits per heavy atom. The van der Waals surface area contributed by atoms with Gasteiger partial charge in [0, 0.05) is 31.6 Å². The number of likely N-dealkylation sites (N-methyl/N-ethyl adjacent to an activating group) is 1. The van der Waals surface area contributed by atoms with Gasteiger partial charge in [-0.3, -0.25) is 9.48 Å². The van der Waals surface area contributed by atoms with Gasteiger partial charge >= 0.3 is 0 Å². The Morgan fingerprint density at radius 1 is 1.47 bits per heavy atom. The van der Waals surface area contributed by atoms with Crippen LogP contribution >= 0.6 is 0 Å². The highest BCUT2D eigenvalue weighted by Crippen LogP contribution is 2.39. The summed E-state index contributed by atoms with van der Waals surface area (Å²) < 4.78 is 1.86. The summed E-state index contributed by atoms with van der Waals surface area (Å²) in [7, 11) is 1.96. The van der Waals surface area contributed by atoms with Gasteiger partial charge in [0.25, 0.3) is 5.91 Å². The summed E-state index contributed by atoms with van der Waals surface area (Å²) in [5, 5.41) is 7.82. The highest BCUT2D eigenvalue weighted by atomic mass is 16.2. The Labute approximate surface area is 114 Å². The summed E-state index contributed by atoms with van der Waals surface area (Å²) >= 11 is 0. The molecule has 1 aliphatic carbocycles. The quantitative estimate of drug-likeness (QED) is 0.887. The molecule has 2 heterocycles. The lowest BCUT2D eigenvalue weighted by atomic mass is 10.2. The van der Waals surface area contributed by atoms with Crippen LogP contribution in [0.15, 0.2) is 6.07 Å². The van der Waals surface area contributed by atoms with E-state index in [1.165, 1.54) is 12.8 Å². The number of nitrogens with zero attached hydrogens (tertiary/aromatic N) is 3. The van der Waals surface area contributed by atoms with Crippen LogP contribution in [0.25, 0.3) is 0 Å². The lowest BCUT2D eigenvalue weighted by molar-refractivity contribution is 0.0777. The fourth-order valence-electron chi connectivity index (χ4n) is 2.77. The van der Waals surface area contributed by atoms with E-state index in [1.807, 2.05) is 29.6 Å². The molecule has 1 atom stereocenters. The van der Waals surface area contributed by atoms with Crippen LogP contribution in [0.4, 0.5) is 0 Å². The van der Waals surface area contributed by atoms with Gasteiger partial charge in [-0.25, -0.2) is 0 Å². The van der Waals surface area contributed by atoms with E-state index in [4.69, 9.17) is 0 Å². The second-order valence-corrected chi connectivity index (χ2v) is 5.57. The van der Waals surface area contributed by atoms with Crippen molar-refractivity contribution < 1.29 is 4.79 Å². The second kappa shape index (κ2) is 4.96. The standard InChI is InChI=1S/C14H22N4O/c1-3-18-13(8-12(16-18)10-4-5-10)14(19)17-7-6-11(9-17)15-2/h8,10-11,15H,3-7,9H2,1-2H3. The number of hydrogen-bond acceptors (Lipinski definition) is 3. The van der Waals surface area contributed by atoms with Crippen molar-refractivity contribution in [3.63, 3.8) is 0 Å². The SMILES string of the molecule is CCn1nc(C2CC2)cc1C(=O)N1CCC(NC)C1. The predicted octanol–water partition coefficient (Wildman–Crippen LogP) is 1.21. The van der Waals surface area contributed by atoms with Crippen molar-refractivity contribution in [1.29, 1.82) is 0 Å². The van der Waals surface area contributed by atoms with Crippen LogP contribution in [0, 0.1) is 0 Å². The van der Waals surface area contributed by atoms with Crippen LogP contribution in [0.2, 0.25) is 0 Å². The van der Waals surface area contributed by atoms with Gasteiger partial charge in [-0.15, -0.1) is 0 Å². The van der Waals surface area contributed by atoms with Crippen LogP contribution in [0.3, 0.4) is 0 Å². The van der Waals surface area contributed by atoms with Gasteiger partial charge in [0.1, 0.15) is 5.69 Å². The Balaban J connectivity index is 1.78. The molecule has 5 nitrogen and oxygen atoms in total. The molecule has 1 saturated heterocycles. The Hall–Kier alpha value is -1.36. The van der Waals surface area contributed by atoms with Gasteiger partial charge in [-0.2, -0.15) is 5.10 Å². The number of likely N-dealkylation sites (tertiary alicyclic amines) is 1. The van der Waals surface area contributed by atoms with Crippen LogP contribution in [-0.2, 0) is 6.54 Å². The number of aryl methyl sites for hydroxylation is 1. The summed E-state index contributed by atoms with van der Waals surface area (Å²) in [6.07, 6.45) is 3.48. The van der Waals surface area contributed by atoms with Gasteiger partial charge < -0.3 is 10.2 Å². The molecule has 0 aromatic carbocycles. The summed E-state index contributed by atoms with van der Waals surface area (Å²) in [6, 6.07) is 2.45. The van der Waals surface area contributed by atoms with Crippen LogP contribution in [0.5, 0.6) is 0 Å². The number of aromatic nitrogens is 2. The molecule has 1 unspecified atom stereocenters. The number of carbonyl (C=O) groups is 1. The van der Waals surface area contributed by atoms with E-state index in [1.54, 1.807) is 0 Å². The molecule has 0 radical (unpaired) electrons. The minimum absolute atomic E-state index is 0.138. The summed E-state index contributed by atoms with van der Waals surface area (Å²) in [5.74, 6) is 0.738. The Morgan fingerprint density at radius 3 is 2.84 bits per heavy atom. The van der Waals surface area contributed by atoms with Crippen LogP contribution in [0.1, 0.15) is 48.3 Å². The molecule has 1 N–H and O–H groups in total. The average molecular weight is 262 g/mol. The van der Waals surface area contributed by atoms with Gasteiger partial charge in [-0.1, -0.05) is 0 Å². The number of nitrogens with one attached hydrogen (secondary N) is 1. The molecule has 1 amide bonds. The molecular weight excluding hydrogens is 240 g/mol. The number of hydrogen-bond donors (Lipinski definition) is 1. The third-order valence-corrected chi connectivity index (χ3v) is 4.20. The zero-order valence-corrected chi connectivity index (χ0v) is 11.7. The van der Waals surface area contributed by atoms with Gasteiger partial charge in [-0.05, 0) is 39.3 Å². The van der Waals surface area contributed by atoms with Gasteiger partial charge in [0.05, 0.1) is 5.69 Å². The van der Waals surface area contributed by atoms with Crippen molar-refractivity contribution in [1.82, 2.24) is 20.0 Å². The van der Waals surface area contributed by atoms with E-state index in [9.17, 15) is 4.79 Å². The maximum Gasteiger partial charge on any atom is 0.272 e. The van der Waals surface area contributed by atoms with Crippen molar-refractivity contribution in [3.8, 4) is 0 Å². The maximum absolute atomic E-state index is 12.6. The minimum Gasteiger partial charge on any atom is -0.336 e. The van der Waals surface area contributed by atoms with Crippen molar-refractivity contribution >= 4 is 5.91 Å². The predicted molar refractivity (Wildman–Crippen MR) is 73.2 cm³/mol. The summed E-state index contributed by atoms with van der Waals surface area (Å²) in [6.45, 7) is 4.46. The largest absolute Gasteiger partial charge is 0.336 e. The third kappa shape index (κ3) is 2.39. The minimum atomic E-state index is 0.138. The van der Waals surface area contributed by atoms with E-state index in [-0.39, 0.29) is 5.91 Å². The van der Waals surface area contributed by atoms with Crippen LogP contribution < -0.4 is 5.32 Å². The maximum atomic E-state index is 12.6. The zero-order valence-electron chi connectivity index (χ0n) is 11.7. The average Bonchev–Trinajstić information content (AvgIpc) is 3.03. The number of amides is 1. The first kappa shape index (κ1) is 12.7. The smallest absolute Gasteiger partial charge is 0.272 e. The molecule has 1 aliphatic heterocycles. The molecule has 2 aliphatic rings. The van der Waals surface area contributed by atoms with E-state index >= 15 is 0 Å². The second-order valence-electron chi connectivity index (χ2n) is 5.57. The molecule has 104 valence electrons. The summed E-state index contributed by atoms with van der Waals surface area (Å²) in [4.78, 5) is 14.5. The van der Waals surface area contributed by atoms with E-state index in [2.05, 4.69) is 10.4 Å². The van der Waals surface area contributed by atoms with Gasteiger partial charge in [0.2, 0.25) is 0 Å². The van der Waals surface area contributed by atoms with Crippen molar-refractivity contribution in [3.05, 3.63) is 17.5 Å². The molecule has 1 aromatic heterocycles. The van der Waals surface area contributed by atoms with Crippen molar-refractivity contribution in [2.45, 2.75) is 44.7 Å². The first-order valence-corrected chi connectivity index (χ1v) is 7.27.